The number of hydrogen-bond donors (Lipinski definition) is 1. The molecular weight excluding hydrogens is 314 g/mol. The summed E-state index contributed by atoms with van der Waals surface area (Å²) in [5, 5.41) is 0.610. The Balaban J connectivity index is 1.99. The van der Waals surface area contributed by atoms with Gasteiger partial charge in [0.1, 0.15) is 0 Å². The Labute approximate surface area is 142 Å². The summed E-state index contributed by atoms with van der Waals surface area (Å²) in [7, 11) is 0. The number of hydrogen-bond acceptors (Lipinski definition) is 3. The molecule has 1 saturated heterocycles. The largest absolute Gasteiger partial charge is 0.341 e. The van der Waals surface area contributed by atoms with Crippen LogP contribution in [0.1, 0.15) is 30.6 Å². The lowest BCUT2D eigenvalue weighted by Gasteiger charge is -2.26. The van der Waals surface area contributed by atoms with Gasteiger partial charge in [-0.15, -0.1) is 0 Å². The molecule has 1 aliphatic rings. The van der Waals surface area contributed by atoms with E-state index in [2.05, 4.69) is 0 Å². The highest BCUT2D eigenvalue weighted by atomic mass is 35.5. The van der Waals surface area contributed by atoms with Gasteiger partial charge in [0.25, 0.3) is 5.91 Å². The van der Waals surface area contributed by atoms with E-state index in [-0.39, 0.29) is 23.8 Å². The van der Waals surface area contributed by atoms with Crippen LogP contribution in [0.4, 0.5) is 0 Å². The molecule has 1 heterocycles. The van der Waals surface area contributed by atoms with Crippen LogP contribution in [0.15, 0.2) is 24.3 Å². The molecule has 1 fully saturated rings. The van der Waals surface area contributed by atoms with E-state index in [1.165, 1.54) is 0 Å². The predicted octanol–water partition coefficient (Wildman–Crippen LogP) is 2.00. The van der Waals surface area contributed by atoms with E-state index in [4.69, 9.17) is 17.3 Å². The number of rotatable bonds is 3. The lowest BCUT2D eigenvalue weighted by Crippen LogP contribution is -2.43. The minimum Gasteiger partial charge on any atom is -0.341 e. The number of nitrogens with two attached hydrogens (primary N) is 1. The lowest BCUT2D eigenvalue weighted by molar-refractivity contribution is -0.135. The summed E-state index contributed by atoms with van der Waals surface area (Å²) in [5.41, 5.74) is 6.45. The molecule has 2 N–H and O–H groups in total. The standard InChI is InChI=1S/C17H24ClN3O2/c1-12(13(2)19)16(22)20-8-3-9-21(11-10-20)17(23)14-4-6-15(18)7-5-14/h4-7,12-13H,3,8-11,19H2,1-2H3. The van der Waals surface area contributed by atoms with Crippen molar-refractivity contribution in [3.05, 3.63) is 34.9 Å². The number of benzene rings is 1. The Bertz CT molecular complexity index is 559. The second-order valence-corrected chi connectivity index (χ2v) is 6.56. The van der Waals surface area contributed by atoms with Gasteiger partial charge < -0.3 is 15.5 Å². The van der Waals surface area contributed by atoms with Crippen LogP contribution >= 0.6 is 11.6 Å². The van der Waals surface area contributed by atoms with Crippen LogP contribution in [0, 0.1) is 5.92 Å². The molecule has 2 amide bonds. The topological polar surface area (TPSA) is 66.6 Å². The number of amides is 2. The van der Waals surface area contributed by atoms with Gasteiger partial charge >= 0.3 is 0 Å². The van der Waals surface area contributed by atoms with Gasteiger partial charge in [-0.2, -0.15) is 0 Å². The van der Waals surface area contributed by atoms with Crippen LogP contribution in [-0.4, -0.2) is 53.8 Å². The molecule has 1 aromatic carbocycles. The Kier molecular flexibility index (Phi) is 6.02. The quantitative estimate of drug-likeness (QED) is 0.917. The minimum atomic E-state index is -0.200. The van der Waals surface area contributed by atoms with E-state index in [1.807, 2.05) is 18.7 Å². The Hall–Kier alpha value is -1.59. The predicted molar refractivity (Wildman–Crippen MR) is 91.4 cm³/mol. The molecule has 23 heavy (non-hydrogen) atoms. The second kappa shape index (κ2) is 7.79. The van der Waals surface area contributed by atoms with Crippen molar-refractivity contribution >= 4 is 23.4 Å². The Morgan fingerprint density at radius 2 is 1.61 bits per heavy atom. The zero-order valence-electron chi connectivity index (χ0n) is 13.7. The van der Waals surface area contributed by atoms with Crippen molar-refractivity contribution in [1.29, 1.82) is 0 Å². The summed E-state index contributed by atoms with van der Waals surface area (Å²) in [6.45, 7) is 6.11. The van der Waals surface area contributed by atoms with Crippen LogP contribution in [0.25, 0.3) is 0 Å². The van der Waals surface area contributed by atoms with Crippen molar-refractivity contribution in [2.24, 2.45) is 11.7 Å². The molecule has 0 spiro atoms. The molecule has 2 unspecified atom stereocenters. The second-order valence-electron chi connectivity index (χ2n) is 6.13. The summed E-state index contributed by atoms with van der Waals surface area (Å²) in [6.07, 6.45) is 0.775. The fourth-order valence-electron chi connectivity index (χ4n) is 2.63. The zero-order valence-corrected chi connectivity index (χ0v) is 14.4. The average Bonchev–Trinajstić information content (AvgIpc) is 2.79. The summed E-state index contributed by atoms with van der Waals surface area (Å²) < 4.78 is 0. The van der Waals surface area contributed by atoms with Crippen molar-refractivity contribution in [3.63, 3.8) is 0 Å². The molecule has 1 aliphatic heterocycles. The van der Waals surface area contributed by atoms with E-state index in [0.717, 1.165) is 6.42 Å². The molecule has 0 aromatic heterocycles. The molecule has 2 rings (SSSR count). The van der Waals surface area contributed by atoms with Crippen molar-refractivity contribution < 1.29 is 9.59 Å². The molecule has 0 bridgehead atoms. The molecule has 6 heteroatoms. The highest BCUT2D eigenvalue weighted by Crippen LogP contribution is 2.14. The number of carbonyl (C=O) groups excluding carboxylic acids is 2. The van der Waals surface area contributed by atoms with Gasteiger partial charge in [0.15, 0.2) is 0 Å². The Morgan fingerprint density at radius 1 is 1.04 bits per heavy atom. The zero-order chi connectivity index (χ0) is 17.0. The molecule has 126 valence electrons. The first-order valence-electron chi connectivity index (χ1n) is 7.99. The van der Waals surface area contributed by atoms with Crippen LogP contribution in [0.5, 0.6) is 0 Å². The fourth-order valence-corrected chi connectivity index (χ4v) is 2.75. The monoisotopic (exact) mass is 337 g/mol. The highest BCUT2D eigenvalue weighted by molar-refractivity contribution is 6.30. The SMILES string of the molecule is CC(N)C(C)C(=O)N1CCCN(C(=O)c2ccc(Cl)cc2)CC1. The smallest absolute Gasteiger partial charge is 0.253 e. The van der Waals surface area contributed by atoms with E-state index in [9.17, 15) is 9.59 Å². The van der Waals surface area contributed by atoms with Crippen LogP contribution in [-0.2, 0) is 4.79 Å². The van der Waals surface area contributed by atoms with Crippen molar-refractivity contribution in [3.8, 4) is 0 Å². The van der Waals surface area contributed by atoms with E-state index >= 15 is 0 Å². The summed E-state index contributed by atoms with van der Waals surface area (Å²) in [4.78, 5) is 28.6. The van der Waals surface area contributed by atoms with Gasteiger partial charge in [0, 0.05) is 42.8 Å². The molecule has 0 radical (unpaired) electrons. The van der Waals surface area contributed by atoms with Crippen molar-refractivity contribution in [2.75, 3.05) is 26.2 Å². The third-order valence-electron chi connectivity index (χ3n) is 4.36. The van der Waals surface area contributed by atoms with E-state index in [1.54, 1.807) is 29.2 Å². The van der Waals surface area contributed by atoms with Gasteiger partial charge in [-0.25, -0.2) is 0 Å². The third kappa shape index (κ3) is 4.45. The molecule has 1 aromatic rings. The Morgan fingerprint density at radius 3 is 2.22 bits per heavy atom. The minimum absolute atomic E-state index is 0.0174. The molecule has 0 saturated carbocycles. The molecule has 5 nitrogen and oxygen atoms in total. The molecular formula is C17H24ClN3O2. The maximum atomic E-state index is 12.5. The van der Waals surface area contributed by atoms with Crippen molar-refractivity contribution in [1.82, 2.24) is 9.80 Å². The van der Waals surface area contributed by atoms with Gasteiger partial charge in [-0.1, -0.05) is 18.5 Å². The first kappa shape index (κ1) is 17.8. The van der Waals surface area contributed by atoms with E-state index in [0.29, 0.717) is 36.8 Å². The van der Waals surface area contributed by atoms with Gasteiger partial charge in [0.05, 0.1) is 5.92 Å². The maximum Gasteiger partial charge on any atom is 0.253 e. The van der Waals surface area contributed by atoms with Crippen LogP contribution < -0.4 is 5.73 Å². The van der Waals surface area contributed by atoms with Gasteiger partial charge in [0.2, 0.25) is 5.91 Å². The number of halogens is 1. The summed E-state index contributed by atoms with van der Waals surface area (Å²) >= 11 is 5.86. The van der Waals surface area contributed by atoms with E-state index < -0.39 is 0 Å². The lowest BCUT2D eigenvalue weighted by atomic mass is 10.0. The summed E-state index contributed by atoms with van der Waals surface area (Å²) in [5.74, 6) is -0.148. The fraction of sp³-hybridized carbons (Fsp3) is 0.529. The highest BCUT2D eigenvalue weighted by Gasteiger charge is 2.26. The number of carbonyl (C=O) groups is 2. The molecule has 2 atom stereocenters. The first-order chi connectivity index (χ1) is 10.9. The van der Waals surface area contributed by atoms with Gasteiger partial charge in [-0.3, -0.25) is 9.59 Å². The normalized spacial score (nSPS) is 18.3. The summed E-state index contributed by atoms with van der Waals surface area (Å²) in [6, 6.07) is 6.73. The third-order valence-corrected chi connectivity index (χ3v) is 4.62. The first-order valence-corrected chi connectivity index (χ1v) is 8.37. The maximum absolute atomic E-state index is 12.5. The average molecular weight is 338 g/mol. The van der Waals surface area contributed by atoms with Crippen LogP contribution in [0.2, 0.25) is 5.02 Å². The molecule has 0 aliphatic carbocycles. The van der Waals surface area contributed by atoms with Crippen molar-refractivity contribution in [2.45, 2.75) is 26.3 Å². The number of nitrogens with zero attached hydrogens (tertiary/aromatic N) is 2. The van der Waals surface area contributed by atoms with Crippen LogP contribution in [0.3, 0.4) is 0 Å². The van der Waals surface area contributed by atoms with Gasteiger partial charge in [-0.05, 0) is 37.6 Å².